The van der Waals surface area contributed by atoms with E-state index >= 15 is 0 Å². The van der Waals surface area contributed by atoms with Gasteiger partial charge in [0, 0.05) is 5.69 Å². The quantitative estimate of drug-likeness (QED) is 0.395. The van der Waals surface area contributed by atoms with Crippen LogP contribution in [0.3, 0.4) is 0 Å². The minimum absolute atomic E-state index is 0.0315. The Morgan fingerprint density at radius 2 is 1.87 bits per heavy atom. The normalized spacial score (nSPS) is 18.1. The van der Waals surface area contributed by atoms with Crippen LogP contribution in [-0.4, -0.2) is 23.9 Å². The SMILES string of the molecule is COc1ccc(F)cc1/C(O)=C1/C(=O)C(=O)N(c2ccc(C)cc2)C1c1ccco1. The molecule has 1 N–H and O–H groups in total. The fraction of sp³-hybridized carbons (Fsp3) is 0.130. The van der Waals surface area contributed by atoms with Gasteiger partial charge in [0.25, 0.3) is 11.7 Å². The van der Waals surface area contributed by atoms with Gasteiger partial charge >= 0.3 is 0 Å². The minimum Gasteiger partial charge on any atom is -0.507 e. The number of hydrogen-bond donors (Lipinski definition) is 1. The summed E-state index contributed by atoms with van der Waals surface area (Å²) in [7, 11) is 1.36. The summed E-state index contributed by atoms with van der Waals surface area (Å²) in [6.07, 6.45) is 1.41. The van der Waals surface area contributed by atoms with Crippen molar-refractivity contribution >= 4 is 23.1 Å². The Morgan fingerprint density at radius 1 is 1.13 bits per heavy atom. The zero-order valence-corrected chi connectivity index (χ0v) is 16.3. The Morgan fingerprint density at radius 3 is 2.50 bits per heavy atom. The molecule has 0 spiro atoms. The summed E-state index contributed by atoms with van der Waals surface area (Å²) in [5.74, 6) is -2.45. The molecule has 1 saturated heterocycles. The highest BCUT2D eigenvalue weighted by molar-refractivity contribution is 6.51. The third kappa shape index (κ3) is 3.14. The lowest BCUT2D eigenvalue weighted by molar-refractivity contribution is -0.132. The van der Waals surface area contributed by atoms with Crippen LogP contribution >= 0.6 is 0 Å². The fourth-order valence-corrected chi connectivity index (χ4v) is 3.53. The summed E-state index contributed by atoms with van der Waals surface area (Å²) in [5, 5.41) is 11.0. The second-order valence-electron chi connectivity index (χ2n) is 6.86. The summed E-state index contributed by atoms with van der Waals surface area (Å²) in [5.41, 5.74) is 1.21. The van der Waals surface area contributed by atoms with E-state index in [1.165, 1.54) is 30.4 Å². The van der Waals surface area contributed by atoms with Crippen molar-refractivity contribution in [1.82, 2.24) is 0 Å². The van der Waals surface area contributed by atoms with Crippen LogP contribution in [0.15, 0.2) is 70.9 Å². The third-order valence-electron chi connectivity index (χ3n) is 4.99. The number of ether oxygens (including phenoxy) is 1. The Balaban J connectivity index is 1.95. The van der Waals surface area contributed by atoms with Crippen LogP contribution in [0.1, 0.15) is 22.9 Å². The minimum atomic E-state index is -1.02. The van der Waals surface area contributed by atoms with E-state index in [0.717, 1.165) is 11.6 Å². The molecule has 7 heteroatoms. The number of aliphatic hydroxyl groups excluding tert-OH is 1. The third-order valence-corrected chi connectivity index (χ3v) is 4.99. The number of hydrogen-bond acceptors (Lipinski definition) is 5. The van der Waals surface area contributed by atoms with Gasteiger partial charge in [0.15, 0.2) is 0 Å². The van der Waals surface area contributed by atoms with Crippen molar-refractivity contribution in [3.63, 3.8) is 0 Å². The van der Waals surface area contributed by atoms with Crippen molar-refractivity contribution in [2.24, 2.45) is 0 Å². The average molecular weight is 407 g/mol. The zero-order chi connectivity index (χ0) is 21.4. The summed E-state index contributed by atoms with van der Waals surface area (Å²) >= 11 is 0. The van der Waals surface area contributed by atoms with Crippen molar-refractivity contribution in [3.05, 3.63) is 89.1 Å². The van der Waals surface area contributed by atoms with E-state index in [1.54, 1.807) is 24.3 Å². The number of ketones is 1. The number of aliphatic hydroxyl groups is 1. The van der Waals surface area contributed by atoms with Crippen LogP contribution in [0.4, 0.5) is 10.1 Å². The lowest BCUT2D eigenvalue weighted by Gasteiger charge is -2.23. The molecule has 30 heavy (non-hydrogen) atoms. The molecule has 1 atom stereocenters. The van der Waals surface area contributed by atoms with Gasteiger partial charge in [-0.05, 0) is 49.4 Å². The van der Waals surface area contributed by atoms with Gasteiger partial charge in [0.2, 0.25) is 0 Å². The van der Waals surface area contributed by atoms with Gasteiger partial charge in [0.1, 0.15) is 29.1 Å². The smallest absolute Gasteiger partial charge is 0.300 e. The number of carbonyl (C=O) groups excluding carboxylic acids is 2. The van der Waals surface area contributed by atoms with Gasteiger partial charge in [-0.2, -0.15) is 0 Å². The maximum atomic E-state index is 13.9. The number of nitrogens with zero attached hydrogens (tertiary/aromatic N) is 1. The topological polar surface area (TPSA) is 80.0 Å². The first-order valence-electron chi connectivity index (χ1n) is 9.17. The molecule has 0 radical (unpaired) electrons. The standard InChI is InChI=1S/C23H18FNO5/c1-13-5-8-15(9-6-13)25-20(18-4-3-11-30-18)19(22(27)23(25)28)21(26)16-12-14(24)7-10-17(16)29-2/h3-12,20,26H,1-2H3/b21-19-. The number of Topliss-reactive ketones (excluding diaryl/α,β-unsaturated/α-hetero) is 1. The van der Waals surface area contributed by atoms with Gasteiger partial charge in [-0.1, -0.05) is 17.7 Å². The molecule has 1 fully saturated rings. The van der Waals surface area contributed by atoms with Crippen molar-refractivity contribution in [2.75, 3.05) is 12.0 Å². The summed E-state index contributed by atoms with van der Waals surface area (Å²) < 4.78 is 24.6. The largest absolute Gasteiger partial charge is 0.507 e. The zero-order valence-electron chi connectivity index (χ0n) is 16.3. The predicted molar refractivity (Wildman–Crippen MR) is 108 cm³/mol. The first-order chi connectivity index (χ1) is 14.4. The summed E-state index contributed by atoms with van der Waals surface area (Å²) in [4.78, 5) is 27.2. The van der Waals surface area contributed by atoms with Gasteiger partial charge in [-0.15, -0.1) is 0 Å². The molecule has 0 saturated carbocycles. The molecule has 0 bridgehead atoms. The van der Waals surface area contributed by atoms with Gasteiger partial charge in [-0.25, -0.2) is 4.39 Å². The van der Waals surface area contributed by atoms with E-state index in [4.69, 9.17) is 9.15 Å². The first-order valence-corrected chi connectivity index (χ1v) is 9.17. The molecule has 0 aliphatic carbocycles. The lowest BCUT2D eigenvalue weighted by Crippen LogP contribution is -2.29. The summed E-state index contributed by atoms with van der Waals surface area (Å²) in [6.45, 7) is 1.90. The van der Waals surface area contributed by atoms with Crippen LogP contribution in [0.5, 0.6) is 5.75 Å². The maximum Gasteiger partial charge on any atom is 0.300 e. The molecule has 3 aromatic rings. The maximum absolute atomic E-state index is 13.9. The van der Waals surface area contributed by atoms with E-state index in [0.29, 0.717) is 5.69 Å². The molecular formula is C23H18FNO5. The molecule has 2 aromatic carbocycles. The van der Waals surface area contributed by atoms with Gasteiger partial charge < -0.3 is 14.3 Å². The second-order valence-corrected chi connectivity index (χ2v) is 6.86. The van der Waals surface area contributed by atoms with Crippen molar-refractivity contribution in [2.45, 2.75) is 13.0 Å². The molecular weight excluding hydrogens is 389 g/mol. The van der Waals surface area contributed by atoms with Gasteiger partial charge in [0.05, 0.1) is 24.5 Å². The van der Waals surface area contributed by atoms with Crippen LogP contribution in [0, 0.1) is 12.7 Å². The van der Waals surface area contributed by atoms with Gasteiger partial charge in [-0.3, -0.25) is 14.5 Å². The van der Waals surface area contributed by atoms with Crippen LogP contribution in [0.2, 0.25) is 0 Å². The molecule has 1 aliphatic heterocycles. The van der Waals surface area contributed by atoms with Crippen LogP contribution in [-0.2, 0) is 9.59 Å². The average Bonchev–Trinajstić information content (AvgIpc) is 3.35. The number of rotatable bonds is 4. The second kappa shape index (κ2) is 7.51. The Hall–Kier alpha value is -3.87. The van der Waals surface area contributed by atoms with E-state index in [2.05, 4.69) is 0 Å². The Bertz CT molecular complexity index is 1150. The molecule has 1 aromatic heterocycles. The van der Waals surface area contributed by atoms with Crippen LogP contribution < -0.4 is 9.64 Å². The molecule has 1 unspecified atom stereocenters. The molecule has 1 aliphatic rings. The highest BCUT2D eigenvalue weighted by Gasteiger charge is 2.48. The van der Waals surface area contributed by atoms with E-state index in [-0.39, 0.29) is 22.6 Å². The van der Waals surface area contributed by atoms with Crippen LogP contribution in [0.25, 0.3) is 5.76 Å². The molecule has 1 amide bonds. The molecule has 152 valence electrons. The molecule has 6 nitrogen and oxygen atoms in total. The molecule has 4 rings (SSSR count). The molecule has 2 heterocycles. The van der Waals surface area contributed by atoms with Crippen molar-refractivity contribution in [3.8, 4) is 5.75 Å². The van der Waals surface area contributed by atoms with E-state index in [9.17, 15) is 19.1 Å². The number of methoxy groups -OCH3 is 1. The fourth-order valence-electron chi connectivity index (χ4n) is 3.53. The van der Waals surface area contributed by atoms with Crippen molar-refractivity contribution in [1.29, 1.82) is 0 Å². The highest BCUT2D eigenvalue weighted by atomic mass is 19.1. The Labute approximate surface area is 171 Å². The van der Waals surface area contributed by atoms with E-state index < -0.39 is 29.3 Å². The lowest BCUT2D eigenvalue weighted by atomic mass is 9.98. The highest BCUT2D eigenvalue weighted by Crippen LogP contribution is 2.43. The predicted octanol–water partition coefficient (Wildman–Crippen LogP) is 4.36. The monoisotopic (exact) mass is 407 g/mol. The number of amides is 1. The number of anilines is 1. The van der Waals surface area contributed by atoms with Crippen molar-refractivity contribution < 1.29 is 28.2 Å². The Kier molecular flexibility index (Phi) is 4.87. The number of furan rings is 1. The first kappa shape index (κ1) is 19.4. The summed E-state index contributed by atoms with van der Waals surface area (Å²) in [6, 6.07) is 12.8. The number of aryl methyl sites for hydroxylation is 1. The number of halogens is 1. The number of benzene rings is 2. The number of carbonyl (C=O) groups is 2. The van der Waals surface area contributed by atoms with E-state index in [1.807, 2.05) is 19.1 Å².